The summed E-state index contributed by atoms with van der Waals surface area (Å²) < 4.78 is 0. The molecule has 5 heteroatoms. The maximum Gasteiger partial charge on any atom is 0.306 e. The third kappa shape index (κ3) is 2.23. The minimum atomic E-state index is -0.706. The Morgan fingerprint density at radius 2 is 2.20 bits per heavy atom. The summed E-state index contributed by atoms with van der Waals surface area (Å²) in [7, 11) is 0. The van der Waals surface area contributed by atoms with Gasteiger partial charge in [-0.1, -0.05) is 0 Å². The van der Waals surface area contributed by atoms with E-state index in [9.17, 15) is 4.79 Å². The molecule has 1 aliphatic rings. The van der Waals surface area contributed by atoms with E-state index in [0.717, 1.165) is 11.5 Å². The van der Waals surface area contributed by atoms with Crippen molar-refractivity contribution in [2.24, 2.45) is 5.92 Å². The zero-order valence-electron chi connectivity index (χ0n) is 8.47. The zero-order chi connectivity index (χ0) is 10.8. The Hall–Kier alpha value is -1.65. The first kappa shape index (κ1) is 9.89. The Labute approximate surface area is 87.5 Å². The zero-order valence-corrected chi connectivity index (χ0v) is 8.47. The van der Waals surface area contributed by atoms with Crippen molar-refractivity contribution in [2.45, 2.75) is 25.8 Å². The molecule has 0 atom stereocenters. The number of rotatable bonds is 3. The van der Waals surface area contributed by atoms with E-state index in [2.05, 4.69) is 15.5 Å². The predicted molar refractivity (Wildman–Crippen MR) is 54.5 cm³/mol. The summed E-state index contributed by atoms with van der Waals surface area (Å²) in [6.45, 7) is 1.88. The van der Waals surface area contributed by atoms with Gasteiger partial charge >= 0.3 is 5.97 Å². The third-order valence-corrected chi connectivity index (χ3v) is 2.64. The molecule has 0 bridgehead atoms. The van der Waals surface area contributed by atoms with E-state index in [-0.39, 0.29) is 12.0 Å². The molecule has 1 aromatic rings. The van der Waals surface area contributed by atoms with Gasteiger partial charge in [-0.05, 0) is 31.9 Å². The van der Waals surface area contributed by atoms with Crippen LogP contribution in [0.15, 0.2) is 12.1 Å². The van der Waals surface area contributed by atoms with E-state index in [1.165, 1.54) is 0 Å². The average molecular weight is 207 g/mol. The van der Waals surface area contributed by atoms with Crippen LogP contribution in [0.1, 0.15) is 18.5 Å². The van der Waals surface area contributed by atoms with Crippen LogP contribution in [0.5, 0.6) is 0 Å². The molecule has 1 aliphatic carbocycles. The van der Waals surface area contributed by atoms with Crippen LogP contribution < -0.4 is 5.32 Å². The number of anilines is 1. The molecule has 0 saturated heterocycles. The lowest BCUT2D eigenvalue weighted by Crippen LogP contribution is -2.39. The highest BCUT2D eigenvalue weighted by Gasteiger charge is 2.34. The van der Waals surface area contributed by atoms with Crippen molar-refractivity contribution < 1.29 is 9.90 Å². The molecule has 2 rings (SSSR count). The second-order valence-corrected chi connectivity index (χ2v) is 3.91. The Kier molecular flexibility index (Phi) is 2.53. The van der Waals surface area contributed by atoms with E-state index in [4.69, 9.17) is 5.11 Å². The summed E-state index contributed by atoms with van der Waals surface area (Å²) in [6.07, 6.45) is 1.34. The number of nitrogens with zero attached hydrogens (tertiary/aromatic N) is 2. The van der Waals surface area contributed by atoms with Gasteiger partial charge in [-0.25, -0.2) is 0 Å². The van der Waals surface area contributed by atoms with Crippen molar-refractivity contribution in [2.75, 3.05) is 5.32 Å². The average Bonchev–Trinajstić information content (AvgIpc) is 2.13. The molecular weight excluding hydrogens is 194 g/mol. The number of carboxylic acids is 1. The van der Waals surface area contributed by atoms with E-state index in [1.54, 1.807) is 0 Å². The lowest BCUT2D eigenvalue weighted by Gasteiger charge is -2.33. The second kappa shape index (κ2) is 3.84. The summed E-state index contributed by atoms with van der Waals surface area (Å²) in [4.78, 5) is 10.6. The number of carboxylic acid groups (broad SMARTS) is 1. The Morgan fingerprint density at radius 1 is 1.47 bits per heavy atom. The van der Waals surface area contributed by atoms with Crippen molar-refractivity contribution >= 4 is 11.8 Å². The molecule has 0 amide bonds. The van der Waals surface area contributed by atoms with E-state index in [0.29, 0.717) is 12.8 Å². The van der Waals surface area contributed by atoms with E-state index >= 15 is 0 Å². The fourth-order valence-electron chi connectivity index (χ4n) is 1.62. The number of carbonyl (C=O) groups is 1. The van der Waals surface area contributed by atoms with Gasteiger partial charge in [-0.15, -0.1) is 5.10 Å². The van der Waals surface area contributed by atoms with Gasteiger partial charge in [0.05, 0.1) is 11.6 Å². The summed E-state index contributed by atoms with van der Waals surface area (Å²) in [6, 6.07) is 3.96. The minimum absolute atomic E-state index is 0.194. The molecule has 1 fully saturated rings. The fraction of sp³-hybridized carbons (Fsp3) is 0.500. The minimum Gasteiger partial charge on any atom is -0.481 e. The van der Waals surface area contributed by atoms with Crippen LogP contribution in [-0.4, -0.2) is 27.3 Å². The number of nitrogens with one attached hydrogen (secondary N) is 1. The molecule has 0 aromatic carbocycles. The number of aryl methyl sites for hydroxylation is 1. The first-order valence-corrected chi connectivity index (χ1v) is 4.95. The number of hydrogen-bond acceptors (Lipinski definition) is 4. The normalized spacial score (nSPS) is 24.3. The van der Waals surface area contributed by atoms with E-state index in [1.807, 2.05) is 19.1 Å². The van der Waals surface area contributed by atoms with Gasteiger partial charge in [0.15, 0.2) is 0 Å². The van der Waals surface area contributed by atoms with Crippen molar-refractivity contribution in [1.29, 1.82) is 0 Å². The van der Waals surface area contributed by atoms with Gasteiger partial charge in [0, 0.05) is 6.04 Å². The molecule has 0 aliphatic heterocycles. The summed E-state index contributed by atoms with van der Waals surface area (Å²) >= 11 is 0. The Morgan fingerprint density at radius 3 is 2.73 bits per heavy atom. The molecule has 0 radical (unpaired) electrons. The number of hydrogen-bond donors (Lipinski definition) is 2. The molecule has 1 heterocycles. The van der Waals surface area contributed by atoms with Crippen LogP contribution in [-0.2, 0) is 4.79 Å². The Balaban J connectivity index is 1.85. The van der Waals surface area contributed by atoms with Crippen molar-refractivity contribution in [3.05, 3.63) is 17.8 Å². The van der Waals surface area contributed by atoms with Crippen LogP contribution in [0.4, 0.5) is 5.82 Å². The predicted octanol–water partition coefficient (Wildman–Crippen LogP) is 1.06. The van der Waals surface area contributed by atoms with Crippen LogP contribution in [0.2, 0.25) is 0 Å². The fourth-order valence-corrected chi connectivity index (χ4v) is 1.62. The highest BCUT2D eigenvalue weighted by Crippen LogP contribution is 2.29. The molecule has 0 unspecified atom stereocenters. The maximum absolute atomic E-state index is 10.6. The number of aromatic nitrogens is 2. The third-order valence-electron chi connectivity index (χ3n) is 2.64. The lowest BCUT2D eigenvalue weighted by molar-refractivity contribution is -0.144. The summed E-state index contributed by atoms with van der Waals surface area (Å²) in [5.74, 6) is -0.182. The van der Waals surface area contributed by atoms with Gasteiger partial charge in [-0.2, -0.15) is 5.10 Å². The molecule has 0 spiro atoms. The van der Waals surface area contributed by atoms with Crippen molar-refractivity contribution in [3.63, 3.8) is 0 Å². The molecular formula is C10H13N3O2. The van der Waals surface area contributed by atoms with Crippen molar-refractivity contribution in [3.8, 4) is 0 Å². The van der Waals surface area contributed by atoms with Gasteiger partial charge in [0.25, 0.3) is 0 Å². The molecule has 5 nitrogen and oxygen atoms in total. The molecule has 2 N–H and O–H groups in total. The summed E-state index contributed by atoms with van der Waals surface area (Å²) in [5, 5.41) is 19.7. The SMILES string of the molecule is Cc1ccc(NC2CC(C(=O)O)C2)nn1. The first-order valence-electron chi connectivity index (χ1n) is 4.95. The van der Waals surface area contributed by atoms with Gasteiger partial charge in [0.1, 0.15) is 5.82 Å². The summed E-state index contributed by atoms with van der Waals surface area (Å²) in [5.41, 5.74) is 0.873. The topological polar surface area (TPSA) is 75.1 Å². The molecule has 1 aromatic heterocycles. The van der Waals surface area contributed by atoms with Gasteiger partial charge in [0.2, 0.25) is 0 Å². The monoisotopic (exact) mass is 207 g/mol. The molecule has 1 saturated carbocycles. The highest BCUT2D eigenvalue weighted by molar-refractivity contribution is 5.71. The standard InChI is InChI=1S/C10H13N3O2/c1-6-2-3-9(13-12-6)11-8-4-7(5-8)10(14)15/h2-3,7-8H,4-5H2,1H3,(H,11,13)(H,14,15). The van der Waals surface area contributed by atoms with Gasteiger partial charge < -0.3 is 10.4 Å². The van der Waals surface area contributed by atoms with E-state index < -0.39 is 5.97 Å². The van der Waals surface area contributed by atoms with Crippen LogP contribution in [0.3, 0.4) is 0 Å². The van der Waals surface area contributed by atoms with Crippen LogP contribution in [0.25, 0.3) is 0 Å². The van der Waals surface area contributed by atoms with Crippen LogP contribution in [0, 0.1) is 12.8 Å². The highest BCUT2D eigenvalue weighted by atomic mass is 16.4. The molecule has 15 heavy (non-hydrogen) atoms. The lowest BCUT2D eigenvalue weighted by atomic mass is 9.80. The van der Waals surface area contributed by atoms with Crippen molar-refractivity contribution in [1.82, 2.24) is 10.2 Å². The maximum atomic E-state index is 10.6. The number of aliphatic carboxylic acids is 1. The van der Waals surface area contributed by atoms with Gasteiger partial charge in [-0.3, -0.25) is 4.79 Å². The largest absolute Gasteiger partial charge is 0.481 e. The first-order chi connectivity index (χ1) is 7.15. The smallest absolute Gasteiger partial charge is 0.306 e. The van der Waals surface area contributed by atoms with Crippen LogP contribution >= 0.6 is 0 Å². The Bertz CT molecular complexity index is 357. The second-order valence-electron chi connectivity index (χ2n) is 3.91. The molecule has 80 valence electrons. The quantitative estimate of drug-likeness (QED) is 0.775.